The fourth-order valence-electron chi connectivity index (χ4n) is 1.53. The zero-order valence-corrected chi connectivity index (χ0v) is 10.8. The SMILES string of the molecule is COC(=O)C(C)NC(=O)c1ccc([N+](=O)[O-])cc1C. The zero-order chi connectivity index (χ0) is 14.6. The van der Waals surface area contributed by atoms with E-state index in [1.54, 1.807) is 6.92 Å². The van der Waals surface area contributed by atoms with Gasteiger partial charge in [0.2, 0.25) is 0 Å². The Kier molecular flexibility index (Phi) is 4.57. The molecule has 1 aromatic carbocycles. The van der Waals surface area contributed by atoms with Gasteiger partial charge in [0.1, 0.15) is 6.04 Å². The van der Waals surface area contributed by atoms with E-state index >= 15 is 0 Å². The minimum Gasteiger partial charge on any atom is -0.467 e. The summed E-state index contributed by atoms with van der Waals surface area (Å²) in [4.78, 5) is 33.1. The largest absolute Gasteiger partial charge is 0.467 e. The maximum atomic E-state index is 11.9. The van der Waals surface area contributed by atoms with Gasteiger partial charge in [-0.2, -0.15) is 0 Å². The highest BCUT2D eigenvalue weighted by molar-refractivity contribution is 5.98. The molecule has 0 aliphatic carbocycles. The number of amides is 1. The van der Waals surface area contributed by atoms with E-state index in [4.69, 9.17) is 0 Å². The van der Waals surface area contributed by atoms with Crippen molar-refractivity contribution in [3.8, 4) is 0 Å². The van der Waals surface area contributed by atoms with Crippen molar-refractivity contribution >= 4 is 17.6 Å². The number of rotatable bonds is 4. The zero-order valence-electron chi connectivity index (χ0n) is 10.8. The normalized spacial score (nSPS) is 11.5. The van der Waals surface area contributed by atoms with Crippen LogP contribution in [0.25, 0.3) is 0 Å². The number of nitro benzene ring substituents is 1. The van der Waals surface area contributed by atoms with Gasteiger partial charge in [-0.15, -0.1) is 0 Å². The molecule has 19 heavy (non-hydrogen) atoms. The van der Waals surface area contributed by atoms with Gasteiger partial charge in [0.25, 0.3) is 11.6 Å². The molecule has 7 heteroatoms. The Balaban J connectivity index is 2.89. The molecule has 0 fully saturated rings. The average molecular weight is 266 g/mol. The summed E-state index contributed by atoms with van der Waals surface area (Å²) in [5, 5.41) is 13.0. The van der Waals surface area contributed by atoms with Crippen molar-refractivity contribution in [3.05, 3.63) is 39.4 Å². The molecule has 0 aliphatic heterocycles. The van der Waals surface area contributed by atoms with Gasteiger partial charge in [-0.05, 0) is 25.5 Å². The van der Waals surface area contributed by atoms with Gasteiger partial charge in [0.05, 0.1) is 12.0 Å². The van der Waals surface area contributed by atoms with Crippen molar-refractivity contribution in [1.82, 2.24) is 5.32 Å². The van der Waals surface area contributed by atoms with E-state index in [0.29, 0.717) is 5.56 Å². The van der Waals surface area contributed by atoms with Crippen LogP contribution in [0.3, 0.4) is 0 Å². The molecule has 1 N–H and O–H groups in total. The third-order valence-electron chi connectivity index (χ3n) is 2.57. The number of non-ortho nitro benzene ring substituents is 1. The summed E-state index contributed by atoms with van der Waals surface area (Å²) < 4.78 is 4.49. The third kappa shape index (κ3) is 3.51. The Hall–Kier alpha value is -2.44. The van der Waals surface area contributed by atoms with Gasteiger partial charge in [-0.3, -0.25) is 14.9 Å². The average Bonchev–Trinajstić information content (AvgIpc) is 2.37. The molecular weight excluding hydrogens is 252 g/mol. The number of ether oxygens (including phenoxy) is 1. The molecule has 0 bridgehead atoms. The van der Waals surface area contributed by atoms with Crippen LogP contribution in [0.1, 0.15) is 22.8 Å². The van der Waals surface area contributed by atoms with Gasteiger partial charge < -0.3 is 10.1 Å². The molecule has 0 spiro atoms. The first-order chi connectivity index (χ1) is 8.86. The number of methoxy groups -OCH3 is 1. The van der Waals surface area contributed by atoms with E-state index in [9.17, 15) is 19.7 Å². The van der Waals surface area contributed by atoms with E-state index in [1.165, 1.54) is 32.2 Å². The first kappa shape index (κ1) is 14.6. The van der Waals surface area contributed by atoms with Crippen molar-refractivity contribution in [1.29, 1.82) is 0 Å². The number of carbonyl (C=O) groups is 2. The summed E-state index contributed by atoms with van der Waals surface area (Å²) in [6.07, 6.45) is 0. The Morgan fingerprint density at radius 1 is 1.42 bits per heavy atom. The van der Waals surface area contributed by atoms with Crippen LogP contribution in [0, 0.1) is 17.0 Å². The summed E-state index contributed by atoms with van der Waals surface area (Å²) >= 11 is 0. The third-order valence-corrected chi connectivity index (χ3v) is 2.57. The van der Waals surface area contributed by atoms with Crippen LogP contribution in [0.4, 0.5) is 5.69 Å². The number of esters is 1. The number of carbonyl (C=O) groups excluding carboxylic acids is 2. The molecule has 0 aromatic heterocycles. The molecule has 1 unspecified atom stereocenters. The summed E-state index contributed by atoms with van der Waals surface area (Å²) in [5.74, 6) is -1.04. The molecule has 0 radical (unpaired) electrons. The summed E-state index contributed by atoms with van der Waals surface area (Å²) in [6.45, 7) is 3.08. The highest BCUT2D eigenvalue weighted by Gasteiger charge is 2.19. The van der Waals surface area contributed by atoms with Gasteiger partial charge in [-0.1, -0.05) is 0 Å². The number of nitro groups is 1. The van der Waals surface area contributed by atoms with Crippen LogP contribution in [0.15, 0.2) is 18.2 Å². The lowest BCUT2D eigenvalue weighted by molar-refractivity contribution is -0.384. The highest BCUT2D eigenvalue weighted by Crippen LogP contribution is 2.17. The lowest BCUT2D eigenvalue weighted by Gasteiger charge is -2.12. The standard InChI is InChI=1S/C12H14N2O5/c1-7-6-9(14(17)18)4-5-10(7)11(15)13-8(2)12(16)19-3/h4-6,8H,1-3H3,(H,13,15). The number of hydrogen-bond donors (Lipinski definition) is 1. The monoisotopic (exact) mass is 266 g/mol. The number of aryl methyl sites for hydroxylation is 1. The minimum atomic E-state index is -0.785. The van der Waals surface area contributed by atoms with E-state index in [-0.39, 0.29) is 11.3 Å². The number of nitrogens with one attached hydrogen (secondary N) is 1. The summed E-state index contributed by atoms with van der Waals surface area (Å²) in [5.41, 5.74) is 0.653. The predicted molar refractivity (Wildman–Crippen MR) is 66.8 cm³/mol. The Bertz CT molecular complexity index is 527. The summed E-state index contributed by atoms with van der Waals surface area (Å²) in [6, 6.07) is 3.11. The van der Waals surface area contributed by atoms with E-state index in [1.807, 2.05) is 0 Å². The first-order valence-corrected chi connectivity index (χ1v) is 5.50. The predicted octanol–water partition coefficient (Wildman–Crippen LogP) is 1.19. The maximum Gasteiger partial charge on any atom is 0.328 e. The molecule has 1 atom stereocenters. The van der Waals surface area contributed by atoms with E-state index in [0.717, 1.165) is 0 Å². The highest BCUT2D eigenvalue weighted by atomic mass is 16.6. The van der Waals surface area contributed by atoms with Crippen molar-refractivity contribution < 1.29 is 19.2 Å². The van der Waals surface area contributed by atoms with Crippen LogP contribution in [-0.4, -0.2) is 30.0 Å². The van der Waals surface area contributed by atoms with Crippen molar-refractivity contribution in [2.45, 2.75) is 19.9 Å². The topological polar surface area (TPSA) is 98.5 Å². The molecule has 0 heterocycles. The second-order valence-electron chi connectivity index (χ2n) is 3.97. The first-order valence-electron chi connectivity index (χ1n) is 5.50. The summed E-state index contributed by atoms with van der Waals surface area (Å²) in [7, 11) is 1.22. The lowest BCUT2D eigenvalue weighted by Crippen LogP contribution is -2.39. The second-order valence-corrected chi connectivity index (χ2v) is 3.97. The van der Waals surface area contributed by atoms with Crippen LogP contribution >= 0.6 is 0 Å². The minimum absolute atomic E-state index is 0.0879. The second kappa shape index (κ2) is 5.94. The van der Waals surface area contributed by atoms with Crippen LogP contribution in [0.2, 0.25) is 0 Å². The molecule has 7 nitrogen and oxygen atoms in total. The molecule has 0 saturated carbocycles. The van der Waals surface area contributed by atoms with E-state index < -0.39 is 22.8 Å². The maximum absolute atomic E-state index is 11.9. The molecule has 1 aromatic rings. The molecule has 0 aliphatic rings. The van der Waals surface area contributed by atoms with Crippen molar-refractivity contribution in [2.75, 3.05) is 7.11 Å². The smallest absolute Gasteiger partial charge is 0.328 e. The van der Waals surface area contributed by atoms with Gasteiger partial charge in [0, 0.05) is 17.7 Å². The van der Waals surface area contributed by atoms with E-state index in [2.05, 4.69) is 10.1 Å². The number of benzene rings is 1. The Morgan fingerprint density at radius 2 is 2.05 bits per heavy atom. The quantitative estimate of drug-likeness (QED) is 0.501. The fourth-order valence-corrected chi connectivity index (χ4v) is 1.53. The molecular formula is C12H14N2O5. The van der Waals surface area contributed by atoms with Crippen LogP contribution < -0.4 is 5.32 Å². The molecule has 102 valence electrons. The van der Waals surface area contributed by atoms with Gasteiger partial charge in [-0.25, -0.2) is 4.79 Å². The van der Waals surface area contributed by atoms with Crippen LogP contribution in [-0.2, 0) is 9.53 Å². The Labute approximate surface area is 109 Å². The van der Waals surface area contributed by atoms with Crippen LogP contribution in [0.5, 0.6) is 0 Å². The fraction of sp³-hybridized carbons (Fsp3) is 0.333. The van der Waals surface area contributed by atoms with Gasteiger partial charge in [0.15, 0.2) is 0 Å². The molecule has 1 rings (SSSR count). The van der Waals surface area contributed by atoms with Crippen molar-refractivity contribution in [3.63, 3.8) is 0 Å². The molecule has 1 amide bonds. The van der Waals surface area contributed by atoms with Crippen molar-refractivity contribution in [2.24, 2.45) is 0 Å². The number of nitrogens with zero attached hydrogens (tertiary/aromatic N) is 1. The Morgan fingerprint density at radius 3 is 2.53 bits per heavy atom. The van der Waals surface area contributed by atoms with Gasteiger partial charge >= 0.3 is 5.97 Å². The molecule has 0 saturated heterocycles. The number of hydrogen-bond acceptors (Lipinski definition) is 5. The lowest BCUT2D eigenvalue weighted by atomic mass is 10.1.